The fourth-order valence-electron chi connectivity index (χ4n) is 2.03. The largest absolute Gasteiger partial charge is 0.791 e. The van der Waals surface area contributed by atoms with Crippen molar-refractivity contribution >= 4 is 5.71 Å². The van der Waals surface area contributed by atoms with Gasteiger partial charge in [-0.1, -0.05) is 30.3 Å². The van der Waals surface area contributed by atoms with Crippen LogP contribution in [0.3, 0.4) is 0 Å². The molecule has 0 amide bonds. The quantitative estimate of drug-likeness (QED) is 0.449. The molecule has 0 saturated carbocycles. The number of benzene rings is 2. The number of nitrogens with one attached hydrogen (secondary N) is 1. The predicted molar refractivity (Wildman–Crippen MR) is 76.3 cm³/mol. The molecular formula is C15H11N3O3. The maximum absolute atomic E-state index is 11.1. The molecule has 6 heteroatoms. The average molecular weight is 281 g/mol. The summed E-state index contributed by atoms with van der Waals surface area (Å²) in [6, 6.07) is 16.3. The van der Waals surface area contributed by atoms with Gasteiger partial charge in [0.1, 0.15) is 0 Å². The molecule has 0 bridgehead atoms. The average Bonchev–Trinajstić information content (AvgIpc) is 2.96. The van der Waals surface area contributed by atoms with Crippen molar-refractivity contribution in [2.24, 2.45) is 5.16 Å². The summed E-state index contributed by atoms with van der Waals surface area (Å²) in [6.07, 6.45) is 1.29. The van der Waals surface area contributed by atoms with E-state index in [1.807, 2.05) is 30.3 Å². The van der Waals surface area contributed by atoms with Gasteiger partial charge in [-0.3, -0.25) is 4.52 Å². The Labute approximate surface area is 119 Å². The summed E-state index contributed by atoms with van der Waals surface area (Å²) >= 11 is 0. The highest BCUT2D eigenvalue weighted by molar-refractivity contribution is 6.13. The first-order valence-electron chi connectivity index (χ1n) is 6.24. The van der Waals surface area contributed by atoms with Gasteiger partial charge in [0.15, 0.2) is 0 Å². The summed E-state index contributed by atoms with van der Waals surface area (Å²) < 4.78 is 6.04. The van der Waals surface area contributed by atoms with E-state index in [-0.39, 0.29) is 0 Å². The molecule has 0 aliphatic carbocycles. The molecule has 0 spiro atoms. The van der Waals surface area contributed by atoms with Crippen molar-refractivity contribution < 1.29 is 9.20 Å². The van der Waals surface area contributed by atoms with E-state index in [0.717, 1.165) is 5.56 Å². The summed E-state index contributed by atoms with van der Waals surface area (Å²) in [6.45, 7) is 0. The van der Waals surface area contributed by atoms with Crippen LogP contribution in [0.4, 0.5) is 0 Å². The first-order chi connectivity index (χ1) is 10.3. The Kier molecular flexibility index (Phi) is 3.34. The standard InChI is InChI=1S/C15H11N3O3/c19-14-10-18(17-21-14)13-8-6-12(7-9-13)15(16-20)11-4-2-1-3-5-11/h1-10H,(H-,17,19,20). The van der Waals surface area contributed by atoms with E-state index in [9.17, 15) is 10.0 Å². The lowest BCUT2D eigenvalue weighted by Crippen LogP contribution is -2.32. The van der Waals surface area contributed by atoms with Gasteiger partial charge in [0.2, 0.25) is 5.69 Å². The lowest BCUT2D eigenvalue weighted by molar-refractivity contribution is -0.670. The van der Waals surface area contributed by atoms with Crippen LogP contribution in [0.15, 0.2) is 75.3 Å². The topological polar surface area (TPSA) is 85.3 Å². The lowest BCUT2D eigenvalue weighted by atomic mass is 10.0. The van der Waals surface area contributed by atoms with Crippen molar-refractivity contribution in [1.82, 2.24) is 5.27 Å². The number of H-pyrrole nitrogens is 1. The fourth-order valence-corrected chi connectivity index (χ4v) is 2.03. The maximum Gasteiger partial charge on any atom is 0.427 e. The second-order valence-electron chi connectivity index (χ2n) is 4.36. The van der Waals surface area contributed by atoms with Gasteiger partial charge < -0.3 is 10.4 Å². The molecule has 3 rings (SSSR count). The summed E-state index contributed by atoms with van der Waals surface area (Å²) in [5.74, 6) is 0. The monoisotopic (exact) mass is 281 g/mol. The zero-order valence-electron chi connectivity index (χ0n) is 10.9. The third kappa shape index (κ3) is 2.59. The molecule has 1 aromatic heterocycles. The van der Waals surface area contributed by atoms with Crippen molar-refractivity contribution in [3.8, 4) is 5.69 Å². The molecule has 0 radical (unpaired) electrons. The Morgan fingerprint density at radius 1 is 1.05 bits per heavy atom. The summed E-state index contributed by atoms with van der Waals surface area (Å²) in [7, 11) is 0. The normalized spacial score (nSPS) is 11.5. The highest BCUT2D eigenvalue weighted by atomic mass is 16.5. The zero-order valence-corrected chi connectivity index (χ0v) is 10.9. The molecule has 104 valence electrons. The van der Waals surface area contributed by atoms with Gasteiger partial charge in [-0.2, -0.15) is 0 Å². The number of hydrogen-bond acceptors (Lipinski definition) is 4. The summed E-state index contributed by atoms with van der Waals surface area (Å²) in [4.78, 5) is 11.0. The minimum absolute atomic E-state index is 0.368. The van der Waals surface area contributed by atoms with E-state index in [2.05, 4.69) is 15.0 Å². The van der Waals surface area contributed by atoms with Crippen molar-refractivity contribution in [3.63, 3.8) is 0 Å². The second kappa shape index (κ2) is 5.46. The third-order valence-corrected chi connectivity index (χ3v) is 3.04. The summed E-state index contributed by atoms with van der Waals surface area (Å²) in [5, 5.41) is 16.7. The molecule has 0 aliphatic rings. The molecule has 0 aliphatic heterocycles. The predicted octanol–water partition coefficient (Wildman–Crippen LogP) is 1.58. The van der Waals surface area contributed by atoms with Gasteiger partial charge in [0.05, 0.1) is 5.71 Å². The number of aromatic nitrogens is 2. The SMILES string of the molecule is O=c1c[n+](-c2ccc(/C(=N\[O-])c3ccccc3)cc2)[nH]o1. The Balaban J connectivity index is 1.95. The molecule has 0 atom stereocenters. The molecule has 2 aromatic carbocycles. The zero-order chi connectivity index (χ0) is 14.7. The molecule has 0 fully saturated rings. The fraction of sp³-hybridized carbons (Fsp3) is 0. The Hall–Kier alpha value is -3.15. The van der Waals surface area contributed by atoms with E-state index in [0.29, 0.717) is 17.0 Å². The van der Waals surface area contributed by atoms with E-state index < -0.39 is 5.63 Å². The van der Waals surface area contributed by atoms with E-state index in [4.69, 9.17) is 0 Å². The maximum atomic E-state index is 11.1. The van der Waals surface area contributed by atoms with Crippen LogP contribution < -0.4 is 10.3 Å². The lowest BCUT2D eigenvalue weighted by Gasteiger charge is -2.08. The van der Waals surface area contributed by atoms with E-state index in [1.54, 1.807) is 24.3 Å². The molecule has 0 saturated heterocycles. The van der Waals surface area contributed by atoms with Crippen molar-refractivity contribution in [1.29, 1.82) is 0 Å². The van der Waals surface area contributed by atoms with E-state index >= 15 is 0 Å². The molecule has 3 aromatic rings. The van der Waals surface area contributed by atoms with Crippen molar-refractivity contribution in [2.45, 2.75) is 0 Å². The molecule has 1 N–H and O–H groups in total. The van der Waals surface area contributed by atoms with Crippen LogP contribution in [0.2, 0.25) is 0 Å². The van der Waals surface area contributed by atoms with Gasteiger partial charge in [-0.05, 0) is 27.6 Å². The van der Waals surface area contributed by atoms with Gasteiger partial charge in [0, 0.05) is 17.7 Å². The third-order valence-electron chi connectivity index (χ3n) is 3.04. The number of hydrogen-bond donors (Lipinski definition) is 1. The highest BCUT2D eigenvalue weighted by Crippen LogP contribution is 2.12. The molecule has 1 heterocycles. The van der Waals surface area contributed by atoms with Gasteiger partial charge >= 0.3 is 5.63 Å². The molecule has 21 heavy (non-hydrogen) atoms. The highest BCUT2D eigenvalue weighted by Gasteiger charge is 2.11. The number of aromatic amines is 1. The van der Waals surface area contributed by atoms with Crippen LogP contribution in [0, 0.1) is 5.21 Å². The molecule has 0 unspecified atom stereocenters. The van der Waals surface area contributed by atoms with Crippen LogP contribution in [0.5, 0.6) is 0 Å². The second-order valence-corrected chi connectivity index (χ2v) is 4.36. The van der Waals surface area contributed by atoms with Crippen LogP contribution >= 0.6 is 0 Å². The minimum Gasteiger partial charge on any atom is -0.791 e. The molecule has 6 nitrogen and oxygen atoms in total. The minimum atomic E-state index is -0.467. The van der Waals surface area contributed by atoms with Crippen LogP contribution in [-0.2, 0) is 0 Å². The Morgan fingerprint density at radius 2 is 1.71 bits per heavy atom. The van der Waals surface area contributed by atoms with E-state index in [1.165, 1.54) is 10.9 Å². The first kappa shape index (κ1) is 12.9. The van der Waals surface area contributed by atoms with Crippen molar-refractivity contribution in [2.75, 3.05) is 0 Å². The van der Waals surface area contributed by atoms with Crippen LogP contribution in [0.25, 0.3) is 5.69 Å². The first-order valence-corrected chi connectivity index (χ1v) is 6.24. The smallest absolute Gasteiger partial charge is 0.427 e. The molecular weight excluding hydrogens is 270 g/mol. The Bertz CT molecular complexity index is 817. The van der Waals surface area contributed by atoms with Crippen LogP contribution in [0.1, 0.15) is 11.1 Å². The number of nitrogens with zero attached hydrogens (tertiary/aromatic N) is 2. The Morgan fingerprint density at radius 3 is 2.29 bits per heavy atom. The number of rotatable bonds is 3. The van der Waals surface area contributed by atoms with Crippen LogP contribution in [-0.4, -0.2) is 11.0 Å². The summed E-state index contributed by atoms with van der Waals surface area (Å²) in [5.41, 5.74) is 2.07. The van der Waals surface area contributed by atoms with Gasteiger partial charge in [0.25, 0.3) is 6.20 Å². The van der Waals surface area contributed by atoms with Gasteiger partial charge in [-0.15, -0.1) is 0 Å². The van der Waals surface area contributed by atoms with Gasteiger partial charge in [-0.25, -0.2) is 4.79 Å². The van der Waals surface area contributed by atoms with Crippen molar-refractivity contribution in [3.05, 3.63) is 87.5 Å².